The summed E-state index contributed by atoms with van der Waals surface area (Å²) in [5.74, 6) is -2.08. The Morgan fingerprint density at radius 2 is 1.05 bits per heavy atom. The summed E-state index contributed by atoms with van der Waals surface area (Å²) in [5, 5.41) is 5.38. The number of carbonyl (C=O) groups is 4. The van der Waals surface area contributed by atoms with Gasteiger partial charge in [0.1, 0.15) is 23.5 Å². The van der Waals surface area contributed by atoms with Crippen molar-refractivity contribution in [3.63, 3.8) is 0 Å². The van der Waals surface area contributed by atoms with Gasteiger partial charge < -0.3 is 20.1 Å². The molecule has 0 aliphatic rings. The minimum atomic E-state index is -0.916. The van der Waals surface area contributed by atoms with E-state index in [2.05, 4.69) is 20.6 Å². The van der Waals surface area contributed by atoms with Gasteiger partial charge in [0.15, 0.2) is 0 Å². The Hall–Kier alpha value is -4.60. The van der Waals surface area contributed by atoms with Crippen molar-refractivity contribution >= 4 is 23.8 Å². The van der Waals surface area contributed by atoms with E-state index in [1.165, 1.54) is 12.4 Å². The number of aromatic nitrogens is 2. The second-order valence-electron chi connectivity index (χ2n) is 8.21. The average Bonchev–Trinajstić information content (AvgIpc) is 2.94. The van der Waals surface area contributed by atoms with Crippen molar-refractivity contribution < 1.29 is 28.7 Å². The zero-order chi connectivity index (χ0) is 27.3. The minimum absolute atomic E-state index is 0.174. The molecule has 3 aromatic rings. The molecule has 1 aromatic carbocycles. The number of ether oxygens (including phenoxy) is 2. The normalized spacial score (nSPS) is 12.1. The van der Waals surface area contributed by atoms with E-state index >= 15 is 0 Å². The number of benzene rings is 1. The molecule has 2 aromatic heterocycles. The van der Waals surface area contributed by atoms with Gasteiger partial charge in [-0.05, 0) is 49.2 Å². The molecule has 0 saturated carbocycles. The van der Waals surface area contributed by atoms with Gasteiger partial charge in [-0.15, -0.1) is 0 Å². The molecule has 2 amide bonds. The van der Waals surface area contributed by atoms with E-state index in [0.29, 0.717) is 0 Å². The van der Waals surface area contributed by atoms with Crippen LogP contribution in [0.4, 0.5) is 0 Å². The Kier molecular flexibility index (Phi) is 10.5. The van der Waals surface area contributed by atoms with Crippen LogP contribution in [-0.2, 0) is 31.9 Å². The van der Waals surface area contributed by atoms with Crippen LogP contribution in [0.5, 0.6) is 0 Å². The highest BCUT2D eigenvalue weighted by atomic mass is 16.5. The van der Waals surface area contributed by atoms with Crippen LogP contribution in [0.25, 0.3) is 0 Å². The van der Waals surface area contributed by atoms with E-state index in [9.17, 15) is 19.2 Å². The summed E-state index contributed by atoms with van der Waals surface area (Å²) in [6, 6.07) is 15.2. The number of rotatable bonds is 12. The smallest absolute Gasteiger partial charge is 0.328 e. The molecule has 198 valence electrons. The van der Waals surface area contributed by atoms with Crippen molar-refractivity contribution in [1.29, 1.82) is 0 Å². The summed E-state index contributed by atoms with van der Waals surface area (Å²) in [7, 11) is 0. The Balaban J connectivity index is 1.70. The summed E-state index contributed by atoms with van der Waals surface area (Å²) in [4.78, 5) is 58.2. The van der Waals surface area contributed by atoms with E-state index in [1.54, 1.807) is 74.5 Å². The lowest BCUT2D eigenvalue weighted by Crippen LogP contribution is -2.44. The third kappa shape index (κ3) is 8.22. The van der Waals surface area contributed by atoms with Crippen LogP contribution in [-0.4, -0.2) is 59.0 Å². The summed E-state index contributed by atoms with van der Waals surface area (Å²) in [5.41, 5.74) is 1.90. The van der Waals surface area contributed by atoms with Gasteiger partial charge in [0, 0.05) is 25.2 Å². The molecule has 0 spiro atoms. The number of hydrogen-bond acceptors (Lipinski definition) is 8. The molecular weight excluding hydrogens is 488 g/mol. The zero-order valence-corrected chi connectivity index (χ0v) is 21.3. The molecule has 2 heterocycles. The first-order chi connectivity index (χ1) is 18.4. The predicted octanol–water partition coefficient (Wildman–Crippen LogP) is 2.28. The first kappa shape index (κ1) is 28.0. The van der Waals surface area contributed by atoms with Crippen molar-refractivity contribution in [3.05, 3.63) is 95.6 Å². The quantitative estimate of drug-likeness (QED) is 0.349. The highest BCUT2D eigenvalue weighted by Gasteiger charge is 2.25. The van der Waals surface area contributed by atoms with Gasteiger partial charge in [-0.3, -0.25) is 19.6 Å². The lowest BCUT2D eigenvalue weighted by atomic mass is 10.0. The van der Waals surface area contributed by atoms with Crippen LogP contribution < -0.4 is 10.6 Å². The number of carbonyl (C=O) groups excluding carboxylic acids is 4. The molecule has 10 nitrogen and oxygen atoms in total. The highest BCUT2D eigenvalue weighted by molar-refractivity contribution is 5.95. The zero-order valence-electron chi connectivity index (χ0n) is 21.3. The third-order valence-electron chi connectivity index (χ3n) is 5.45. The Morgan fingerprint density at radius 1 is 0.658 bits per heavy atom. The number of amides is 2. The van der Waals surface area contributed by atoms with Gasteiger partial charge in [-0.25, -0.2) is 9.59 Å². The van der Waals surface area contributed by atoms with Gasteiger partial charge in [-0.1, -0.05) is 36.4 Å². The second-order valence-corrected chi connectivity index (χ2v) is 8.21. The van der Waals surface area contributed by atoms with E-state index in [4.69, 9.17) is 9.47 Å². The monoisotopic (exact) mass is 518 g/mol. The Bertz CT molecular complexity index is 1120. The van der Waals surface area contributed by atoms with Gasteiger partial charge in [0.25, 0.3) is 11.8 Å². The van der Waals surface area contributed by atoms with Crippen molar-refractivity contribution in [2.45, 2.75) is 38.8 Å². The van der Waals surface area contributed by atoms with Crippen molar-refractivity contribution in [1.82, 2.24) is 20.6 Å². The predicted molar refractivity (Wildman–Crippen MR) is 138 cm³/mol. The SMILES string of the molecule is CCOC(=O)C(Cc1ccc(C[C@@H](NC(=O)c2ccccn2)C(=O)OCC)cc1)NC(=O)c1ccccn1. The molecule has 10 heteroatoms. The number of pyridine rings is 2. The van der Waals surface area contributed by atoms with Crippen LogP contribution in [0.1, 0.15) is 46.0 Å². The van der Waals surface area contributed by atoms with E-state index in [0.717, 1.165) is 11.1 Å². The van der Waals surface area contributed by atoms with Crippen LogP contribution >= 0.6 is 0 Å². The third-order valence-corrected chi connectivity index (χ3v) is 5.45. The topological polar surface area (TPSA) is 137 Å². The summed E-state index contributed by atoms with van der Waals surface area (Å²) in [6.45, 7) is 3.73. The number of hydrogen-bond donors (Lipinski definition) is 2. The van der Waals surface area contributed by atoms with Gasteiger partial charge in [0.2, 0.25) is 0 Å². The molecule has 38 heavy (non-hydrogen) atoms. The highest BCUT2D eigenvalue weighted by Crippen LogP contribution is 2.12. The van der Waals surface area contributed by atoms with Crippen LogP contribution in [0.15, 0.2) is 73.1 Å². The van der Waals surface area contributed by atoms with Crippen LogP contribution in [0.3, 0.4) is 0 Å². The molecule has 2 N–H and O–H groups in total. The maximum absolute atomic E-state index is 12.6. The first-order valence-corrected chi connectivity index (χ1v) is 12.3. The molecule has 0 aliphatic heterocycles. The molecule has 3 rings (SSSR count). The molecule has 0 radical (unpaired) electrons. The first-order valence-electron chi connectivity index (χ1n) is 12.3. The molecule has 0 saturated heterocycles. The molecule has 1 unspecified atom stereocenters. The van der Waals surface area contributed by atoms with E-state index in [1.807, 2.05) is 0 Å². The van der Waals surface area contributed by atoms with E-state index in [-0.39, 0.29) is 37.4 Å². The summed E-state index contributed by atoms with van der Waals surface area (Å²) in [6.07, 6.45) is 3.37. The fourth-order valence-electron chi connectivity index (χ4n) is 3.61. The molecule has 0 fully saturated rings. The average molecular weight is 519 g/mol. The number of nitrogens with one attached hydrogen (secondary N) is 2. The van der Waals surface area contributed by atoms with Crippen molar-refractivity contribution in [3.8, 4) is 0 Å². The lowest BCUT2D eigenvalue weighted by Gasteiger charge is -2.19. The van der Waals surface area contributed by atoms with Crippen LogP contribution in [0, 0.1) is 0 Å². The lowest BCUT2D eigenvalue weighted by molar-refractivity contribution is -0.146. The summed E-state index contributed by atoms with van der Waals surface area (Å²) < 4.78 is 10.3. The fraction of sp³-hybridized carbons (Fsp3) is 0.286. The Labute approximate surface area is 220 Å². The fourth-order valence-corrected chi connectivity index (χ4v) is 3.61. The largest absolute Gasteiger partial charge is 0.464 e. The maximum atomic E-state index is 12.6. The summed E-state index contributed by atoms with van der Waals surface area (Å²) >= 11 is 0. The minimum Gasteiger partial charge on any atom is -0.464 e. The molecule has 0 aliphatic carbocycles. The number of nitrogens with zero attached hydrogens (tertiary/aromatic N) is 2. The molecule has 0 bridgehead atoms. The second kappa shape index (κ2) is 14.2. The Morgan fingerprint density at radius 3 is 1.37 bits per heavy atom. The van der Waals surface area contributed by atoms with Gasteiger partial charge >= 0.3 is 11.9 Å². The van der Waals surface area contributed by atoms with Gasteiger partial charge in [0.05, 0.1) is 13.2 Å². The molecule has 2 atom stereocenters. The van der Waals surface area contributed by atoms with Crippen LogP contribution in [0.2, 0.25) is 0 Å². The maximum Gasteiger partial charge on any atom is 0.328 e. The van der Waals surface area contributed by atoms with Crippen molar-refractivity contribution in [2.75, 3.05) is 13.2 Å². The standard InChI is InChI=1S/C28H30N4O6/c1-3-37-27(35)23(31-25(33)21-9-5-7-15-29-21)17-19-11-13-20(14-12-19)18-24(28(36)38-4-2)32-26(34)22-10-6-8-16-30-22/h5-16,23-24H,3-4,17-18H2,1-2H3,(H,31,33)(H,32,34)/t23-,24?/m1/s1. The van der Waals surface area contributed by atoms with E-state index < -0.39 is 35.8 Å². The van der Waals surface area contributed by atoms with Crippen molar-refractivity contribution in [2.24, 2.45) is 0 Å². The van der Waals surface area contributed by atoms with Gasteiger partial charge in [-0.2, -0.15) is 0 Å². The molecular formula is C28H30N4O6. The number of esters is 2.